The highest BCUT2D eigenvalue weighted by molar-refractivity contribution is 9.10. The van der Waals surface area contributed by atoms with Gasteiger partial charge in [0.2, 0.25) is 17.8 Å². The Balaban J connectivity index is 0.000000943. The van der Waals surface area contributed by atoms with Gasteiger partial charge in [0.1, 0.15) is 30.3 Å². The Labute approximate surface area is 444 Å². The van der Waals surface area contributed by atoms with Crippen molar-refractivity contribution in [3.63, 3.8) is 0 Å². The predicted molar refractivity (Wildman–Crippen MR) is 283 cm³/mol. The molecular formula is C51H57BrF3N12O8P. The zero-order valence-electron chi connectivity index (χ0n) is 42.2. The number of methoxy groups -OCH3 is 1. The second kappa shape index (κ2) is 22.1. The van der Waals surface area contributed by atoms with Crippen LogP contribution in [0.1, 0.15) is 64.8 Å². The molecule has 0 bridgehead atoms. The van der Waals surface area contributed by atoms with Gasteiger partial charge < -0.3 is 34.8 Å². The van der Waals surface area contributed by atoms with E-state index in [1.807, 2.05) is 18.2 Å². The molecule has 20 nitrogen and oxygen atoms in total. The van der Waals surface area contributed by atoms with Crippen molar-refractivity contribution < 1.29 is 51.6 Å². The van der Waals surface area contributed by atoms with E-state index in [1.165, 1.54) is 0 Å². The van der Waals surface area contributed by atoms with Crippen LogP contribution in [-0.2, 0) is 18.9 Å². The zero-order valence-corrected chi connectivity index (χ0v) is 44.7. The number of piperazine rings is 1. The third kappa shape index (κ3) is 11.5. The second-order valence-electron chi connectivity index (χ2n) is 19.7. The number of anilines is 6. The van der Waals surface area contributed by atoms with Gasteiger partial charge in [0.05, 0.1) is 44.9 Å². The van der Waals surface area contributed by atoms with E-state index in [-0.39, 0.29) is 18.7 Å². The van der Waals surface area contributed by atoms with E-state index in [1.54, 1.807) is 51.2 Å². The summed E-state index contributed by atoms with van der Waals surface area (Å²) in [6, 6.07) is 13.4. The van der Waals surface area contributed by atoms with Crippen molar-refractivity contribution in [2.24, 2.45) is 0 Å². The van der Waals surface area contributed by atoms with Crippen LogP contribution < -0.4 is 35.8 Å². The summed E-state index contributed by atoms with van der Waals surface area (Å²) >= 11 is 3.59. The van der Waals surface area contributed by atoms with E-state index in [9.17, 15) is 36.9 Å². The number of carbonyl (C=O) groups is 5. The van der Waals surface area contributed by atoms with Crippen LogP contribution in [0.25, 0.3) is 11.0 Å². The summed E-state index contributed by atoms with van der Waals surface area (Å²) in [5.74, 6) is -3.15. The fourth-order valence-electron chi connectivity index (χ4n) is 10.8. The first kappa shape index (κ1) is 54.1. The van der Waals surface area contributed by atoms with Crippen LogP contribution in [0.4, 0.5) is 47.7 Å². The molecule has 4 N–H and O–H groups in total. The molecular weight excluding hydrogens is 1080 g/mol. The van der Waals surface area contributed by atoms with Crippen molar-refractivity contribution in [2.45, 2.75) is 69.8 Å². The molecule has 4 amide bonds. The minimum atomic E-state index is -5.08. The number of piperidine rings is 3. The number of alkyl halides is 3. The van der Waals surface area contributed by atoms with Crippen molar-refractivity contribution in [1.82, 2.24) is 40.0 Å². The summed E-state index contributed by atoms with van der Waals surface area (Å²) in [5, 5.41) is 16.7. The van der Waals surface area contributed by atoms with Crippen LogP contribution in [-0.4, -0.2) is 166 Å². The molecule has 5 aliphatic rings. The van der Waals surface area contributed by atoms with Gasteiger partial charge in [-0.3, -0.25) is 49.2 Å². The number of aryl methyl sites for hydroxylation is 1. The summed E-state index contributed by atoms with van der Waals surface area (Å²) in [5.41, 5.74) is 6.45. The lowest BCUT2D eigenvalue weighted by molar-refractivity contribution is -0.192. The molecule has 0 saturated carbocycles. The number of carbonyl (C=O) groups excluding carboxylic acids is 4. The highest BCUT2D eigenvalue weighted by Gasteiger charge is 2.45. The molecule has 10 rings (SSSR count). The number of fused-ring (bicyclic) bond motifs is 2. The molecule has 7 heterocycles. The standard InChI is InChI=1S/C49H56BrN12O6P.C2HF3O2/c1-29-25-38(55-49-53-28-35(50)45(57-49)54-37-8-7-36-43(52-16-15-51-36)44(37)69(3,4)67)41(68-2)27-40(29)61-19-13-31(14-20-61)60-23-21-59(22-24-60)30-11-17-58(18-12-30)32-5-6-33-34(26-32)48(66)62(47(33)65)39-9-10-42(63)56-46(39)64;3-2(4,5)1(6)7/h5-8,15-16,25-28,30-31,39H,9-14,17-24H2,1-4H3,(H,56,63,64)(H2,53,54,55,57);(H,6,7). The zero-order chi connectivity index (χ0) is 54.2. The lowest BCUT2D eigenvalue weighted by Crippen LogP contribution is -2.56. The average Bonchev–Trinajstić information content (AvgIpc) is 3.72. The molecule has 76 heavy (non-hydrogen) atoms. The normalized spacial score (nSPS) is 19.3. The number of amides is 4. The number of nitrogens with one attached hydrogen (secondary N) is 3. The summed E-state index contributed by atoms with van der Waals surface area (Å²) in [6.07, 6.45) is 4.26. The predicted octanol–water partition coefficient (Wildman–Crippen LogP) is 6.52. The summed E-state index contributed by atoms with van der Waals surface area (Å²) in [6.45, 7) is 13.4. The van der Waals surface area contributed by atoms with E-state index in [0.717, 1.165) is 106 Å². The minimum absolute atomic E-state index is 0.0948. The number of imide groups is 2. The molecule has 402 valence electrons. The number of rotatable bonds is 11. The molecule has 2 aromatic heterocycles. The van der Waals surface area contributed by atoms with E-state index in [2.05, 4.69) is 85.5 Å². The number of hydrogen-bond donors (Lipinski definition) is 4. The van der Waals surface area contributed by atoms with E-state index in [4.69, 9.17) is 19.6 Å². The van der Waals surface area contributed by atoms with Gasteiger partial charge in [-0.1, -0.05) is 0 Å². The third-order valence-electron chi connectivity index (χ3n) is 14.6. The van der Waals surface area contributed by atoms with Crippen LogP contribution in [0.5, 0.6) is 5.75 Å². The van der Waals surface area contributed by atoms with E-state index < -0.39 is 43.1 Å². The van der Waals surface area contributed by atoms with Crippen molar-refractivity contribution >= 4 is 104 Å². The van der Waals surface area contributed by atoms with Crippen LogP contribution in [0.3, 0.4) is 0 Å². The van der Waals surface area contributed by atoms with Crippen molar-refractivity contribution in [1.29, 1.82) is 0 Å². The summed E-state index contributed by atoms with van der Waals surface area (Å²) < 4.78 is 51.8. The first-order valence-corrected chi connectivity index (χ1v) is 28.3. The lowest BCUT2D eigenvalue weighted by atomic mass is 9.98. The number of carboxylic acid groups (broad SMARTS) is 1. The first-order valence-electron chi connectivity index (χ1n) is 24.9. The Morgan fingerprint density at radius 2 is 1.42 bits per heavy atom. The Kier molecular flexibility index (Phi) is 15.7. The fraction of sp³-hybridized carbons (Fsp3) is 0.431. The average molecular weight is 1130 g/mol. The highest BCUT2D eigenvalue weighted by atomic mass is 79.9. The largest absolute Gasteiger partial charge is 0.494 e. The first-order chi connectivity index (χ1) is 36.2. The van der Waals surface area contributed by atoms with E-state index in [0.29, 0.717) is 67.2 Å². The molecule has 4 fully saturated rings. The molecule has 3 aromatic carbocycles. The van der Waals surface area contributed by atoms with Gasteiger partial charge in [-0.2, -0.15) is 18.2 Å². The van der Waals surface area contributed by atoms with Crippen LogP contribution in [0, 0.1) is 6.92 Å². The Morgan fingerprint density at radius 3 is 2.03 bits per heavy atom. The Hall–Kier alpha value is -6.75. The fourth-order valence-corrected chi connectivity index (χ4v) is 12.5. The minimum Gasteiger partial charge on any atom is -0.494 e. The maximum atomic E-state index is 13.5. The van der Waals surface area contributed by atoms with Gasteiger partial charge in [-0.25, -0.2) is 9.78 Å². The topological polar surface area (TPSA) is 236 Å². The SMILES string of the molecule is COc1cc(N2CCC(N3CCN(C4CCN(c5ccc6c(c5)C(=O)N(C5CCC(=O)NC5=O)C6=O)CC4)CC3)CC2)c(C)cc1Nc1ncc(Br)c(Nc2ccc3nccnc3c2P(C)(C)=O)n1.O=C(O)C(F)(F)F. The molecule has 25 heteroatoms. The Morgan fingerprint density at radius 1 is 0.803 bits per heavy atom. The third-order valence-corrected chi connectivity index (χ3v) is 16.7. The van der Waals surface area contributed by atoms with Gasteiger partial charge in [0.15, 0.2) is 0 Å². The maximum absolute atomic E-state index is 13.5. The van der Waals surface area contributed by atoms with Crippen LogP contribution in [0.2, 0.25) is 0 Å². The van der Waals surface area contributed by atoms with Gasteiger partial charge >= 0.3 is 12.1 Å². The van der Waals surface area contributed by atoms with Crippen LogP contribution >= 0.6 is 23.1 Å². The number of halogens is 4. The number of benzene rings is 3. The number of aliphatic carboxylic acids is 1. The van der Waals surface area contributed by atoms with Crippen molar-refractivity contribution in [3.05, 3.63) is 82.2 Å². The number of ether oxygens (including phenoxy) is 1. The number of hydrogen-bond acceptors (Lipinski definition) is 17. The molecule has 4 saturated heterocycles. The number of nitrogens with zero attached hydrogens (tertiary/aromatic N) is 9. The Bertz CT molecular complexity index is 3140. The van der Waals surface area contributed by atoms with Crippen LogP contribution in [0.15, 0.2) is 65.5 Å². The molecule has 0 aliphatic carbocycles. The van der Waals surface area contributed by atoms with Gasteiger partial charge in [0.25, 0.3) is 11.8 Å². The summed E-state index contributed by atoms with van der Waals surface area (Å²) in [4.78, 5) is 89.1. The monoisotopic (exact) mass is 1130 g/mol. The number of carboxylic acids is 1. The maximum Gasteiger partial charge on any atom is 0.490 e. The van der Waals surface area contributed by atoms with E-state index >= 15 is 0 Å². The van der Waals surface area contributed by atoms with Crippen molar-refractivity contribution in [3.8, 4) is 5.75 Å². The van der Waals surface area contributed by atoms with Gasteiger partial charge in [-0.15, -0.1) is 0 Å². The highest BCUT2D eigenvalue weighted by Crippen LogP contribution is 2.42. The summed E-state index contributed by atoms with van der Waals surface area (Å²) in [7, 11) is -1.11. The molecule has 5 aliphatic heterocycles. The van der Waals surface area contributed by atoms with Crippen molar-refractivity contribution in [2.75, 3.05) is 93.2 Å². The van der Waals surface area contributed by atoms with Gasteiger partial charge in [0, 0.05) is 107 Å². The molecule has 0 spiro atoms. The lowest BCUT2D eigenvalue weighted by Gasteiger charge is -2.46. The second-order valence-corrected chi connectivity index (χ2v) is 23.7. The molecule has 5 aromatic rings. The number of aromatic nitrogens is 4. The molecule has 1 atom stereocenters. The molecule has 1 unspecified atom stereocenters. The molecule has 0 radical (unpaired) electrons. The smallest absolute Gasteiger partial charge is 0.490 e. The quantitative estimate of drug-likeness (QED) is 0.0813. The van der Waals surface area contributed by atoms with Gasteiger partial charge in [-0.05, 0) is 110 Å².